The fourth-order valence-corrected chi connectivity index (χ4v) is 3.38. The summed E-state index contributed by atoms with van der Waals surface area (Å²) in [5, 5.41) is 3.49. The number of fused-ring (bicyclic) bond motifs is 1. The minimum atomic E-state index is -1.17. The Balaban J connectivity index is 1.80. The van der Waals surface area contributed by atoms with Crippen molar-refractivity contribution < 1.29 is 14.3 Å². The average Bonchev–Trinajstić information content (AvgIpc) is 2.74. The Labute approximate surface area is 187 Å². The predicted molar refractivity (Wildman–Crippen MR) is 119 cm³/mol. The summed E-state index contributed by atoms with van der Waals surface area (Å²) in [5.74, 6) is -1.43. The van der Waals surface area contributed by atoms with Gasteiger partial charge in [0.2, 0.25) is 0 Å². The molecule has 8 nitrogen and oxygen atoms in total. The predicted octanol–water partition coefficient (Wildman–Crippen LogP) is 3.06. The highest BCUT2D eigenvalue weighted by Crippen LogP contribution is 2.25. The minimum absolute atomic E-state index is 0.150. The number of rotatable bonds is 6. The van der Waals surface area contributed by atoms with Crippen LogP contribution in [0.15, 0.2) is 52.1 Å². The molecule has 3 aromatic rings. The second kappa shape index (κ2) is 9.36. The first-order chi connectivity index (χ1) is 14.7. The number of hydrogen-bond donors (Lipinski definition) is 1. The van der Waals surface area contributed by atoms with E-state index in [0.717, 1.165) is 9.13 Å². The van der Waals surface area contributed by atoms with Gasteiger partial charge in [0.05, 0.1) is 21.6 Å². The molecule has 0 bridgehead atoms. The maximum absolute atomic E-state index is 12.7. The number of anilines is 1. The van der Waals surface area contributed by atoms with Crippen LogP contribution < -0.4 is 16.6 Å². The lowest BCUT2D eigenvalue weighted by Gasteiger charge is -2.16. The van der Waals surface area contributed by atoms with Gasteiger partial charge in [-0.25, -0.2) is 4.79 Å². The molecular formula is C21H19Cl2N3O5. The summed E-state index contributed by atoms with van der Waals surface area (Å²) in [6.07, 6.45) is -1.17. The van der Waals surface area contributed by atoms with Gasteiger partial charge in [0, 0.05) is 11.6 Å². The van der Waals surface area contributed by atoms with Crippen LogP contribution in [0.2, 0.25) is 10.0 Å². The average molecular weight is 464 g/mol. The molecule has 0 saturated heterocycles. The summed E-state index contributed by atoms with van der Waals surface area (Å²) in [7, 11) is 0. The van der Waals surface area contributed by atoms with Crippen LogP contribution in [-0.2, 0) is 27.4 Å². The van der Waals surface area contributed by atoms with Gasteiger partial charge in [0.15, 0.2) is 6.10 Å². The molecule has 162 valence electrons. The Morgan fingerprint density at radius 1 is 1.10 bits per heavy atom. The molecule has 0 aliphatic heterocycles. The third-order valence-electron chi connectivity index (χ3n) is 4.60. The Hall–Kier alpha value is -3.10. The molecule has 0 aliphatic carbocycles. The van der Waals surface area contributed by atoms with Crippen LogP contribution in [0.1, 0.15) is 13.8 Å². The van der Waals surface area contributed by atoms with Crippen LogP contribution in [0.4, 0.5) is 5.69 Å². The zero-order valence-corrected chi connectivity index (χ0v) is 18.2. The summed E-state index contributed by atoms with van der Waals surface area (Å²) < 4.78 is 7.38. The molecule has 2 aromatic carbocycles. The summed E-state index contributed by atoms with van der Waals surface area (Å²) >= 11 is 11.9. The Morgan fingerprint density at radius 3 is 2.52 bits per heavy atom. The molecule has 0 spiro atoms. The van der Waals surface area contributed by atoms with Crippen molar-refractivity contribution in [2.75, 3.05) is 5.32 Å². The second-order valence-corrected chi connectivity index (χ2v) is 7.52. The van der Waals surface area contributed by atoms with Crippen molar-refractivity contribution in [1.82, 2.24) is 9.13 Å². The molecule has 31 heavy (non-hydrogen) atoms. The van der Waals surface area contributed by atoms with Crippen molar-refractivity contribution in [3.63, 3.8) is 0 Å². The molecule has 0 saturated carbocycles. The minimum Gasteiger partial charge on any atom is -0.451 e. The molecule has 0 fully saturated rings. The van der Waals surface area contributed by atoms with Gasteiger partial charge in [0.25, 0.3) is 11.5 Å². The molecule has 1 amide bonds. The number of ether oxygens (including phenoxy) is 1. The lowest BCUT2D eigenvalue weighted by molar-refractivity contribution is -0.153. The molecule has 0 radical (unpaired) electrons. The van der Waals surface area contributed by atoms with Crippen LogP contribution in [0, 0.1) is 0 Å². The zero-order valence-electron chi connectivity index (χ0n) is 16.7. The summed E-state index contributed by atoms with van der Waals surface area (Å²) in [5.41, 5.74) is -0.480. The Bertz CT molecular complexity index is 1280. The molecule has 10 heteroatoms. The topological polar surface area (TPSA) is 99.4 Å². The van der Waals surface area contributed by atoms with E-state index >= 15 is 0 Å². The first-order valence-electron chi connectivity index (χ1n) is 9.40. The third kappa shape index (κ3) is 4.81. The number of nitrogens with one attached hydrogen (secondary N) is 1. The van der Waals surface area contributed by atoms with Gasteiger partial charge in [-0.05, 0) is 44.2 Å². The standard InChI is InChI=1S/C21H19Cl2N3O5/c1-3-25-20(29)14-6-4-5-7-17(14)26(21(25)30)11-18(27)31-12(2)19(28)24-16-10-13(22)8-9-15(16)23/h4-10,12H,3,11H2,1-2H3,(H,24,28). The van der Waals surface area contributed by atoms with Crippen LogP contribution in [0.5, 0.6) is 0 Å². The van der Waals surface area contributed by atoms with Gasteiger partial charge < -0.3 is 10.1 Å². The van der Waals surface area contributed by atoms with Gasteiger partial charge in [0.1, 0.15) is 6.54 Å². The van der Waals surface area contributed by atoms with Crippen LogP contribution in [0.3, 0.4) is 0 Å². The SMILES string of the molecule is CCn1c(=O)c2ccccc2n(CC(=O)OC(C)C(=O)Nc2cc(Cl)ccc2Cl)c1=O. The lowest BCUT2D eigenvalue weighted by atomic mass is 10.2. The van der Waals surface area contributed by atoms with Crippen molar-refractivity contribution in [1.29, 1.82) is 0 Å². The zero-order chi connectivity index (χ0) is 22.7. The number of halogens is 2. The number of aromatic nitrogens is 2. The van der Waals surface area contributed by atoms with Crippen LogP contribution in [0.25, 0.3) is 10.9 Å². The van der Waals surface area contributed by atoms with Crippen molar-refractivity contribution in [2.24, 2.45) is 0 Å². The fraction of sp³-hybridized carbons (Fsp3) is 0.238. The van der Waals surface area contributed by atoms with E-state index in [0.29, 0.717) is 15.9 Å². The van der Waals surface area contributed by atoms with Gasteiger partial charge >= 0.3 is 11.7 Å². The quantitative estimate of drug-likeness (QED) is 0.566. The van der Waals surface area contributed by atoms with Gasteiger partial charge in [-0.1, -0.05) is 35.3 Å². The van der Waals surface area contributed by atoms with Gasteiger partial charge in [-0.2, -0.15) is 0 Å². The Morgan fingerprint density at radius 2 is 1.81 bits per heavy atom. The number of para-hydroxylation sites is 1. The highest BCUT2D eigenvalue weighted by Gasteiger charge is 2.21. The largest absolute Gasteiger partial charge is 0.451 e. The first-order valence-corrected chi connectivity index (χ1v) is 10.2. The highest BCUT2D eigenvalue weighted by atomic mass is 35.5. The number of hydrogen-bond acceptors (Lipinski definition) is 5. The fourth-order valence-electron chi connectivity index (χ4n) is 3.05. The molecule has 1 aromatic heterocycles. The number of amides is 1. The van der Waals surface area contributed by atoms with E-state index in [4.69, 9.17) is 27.9 Å². The van der Waals surface area contributed by atoms with Crippen molar-refractivity contribution in [2.45, 2.75) is 33.0 Å². The molecule has 1 heterocycles. The number of benzene rings is 2. The van der Waals surface area contributed by atoms with E-state index < -0.39 is 35.8 Å². The monoisotopic (exact) mass is 463 g/mol. The first kappa shape index (κ1) is 22.6. The molecule has 1 N–H and O–H groups in total. The second-order valence-electron chi connectivity index (χ2n) is 6.68. The van der Waals surface area contributed by atoms with Crippen LogP contribution >= 0.6 is 23.2 Å². The number of nitrogens with zero attached hydrogens (tertiary/aromatic N) is 2. The molecular weight excluding hydrogens is 445 g/mol. The number of carbonyl (C=O) groups excluding carboxylic acids is 2. The van der Waals surface area contributed by atoms with E-state index in [1.807, 2.05) is 0 Å². The molecule has 1 atom stereocenters. The maximum Gasteiger partial charge on any atom is 0.332 e. The summed E-state index contributed by atoms with van der Waals surface area (Å²) in [6.45, 7) is 2.74. The van der Waals surface area contributed by atoms with Crippen molar-refractivity contribution >= 4 is 51.7 Å². The Kier molecular flexibility index (Phi) is 6.82. The molecule has 0 aliphatic rings. The number of carbonyl (C=O) groups is 2. The van der Waals surface area contributed by atoms with Crippen molar-refractivity contribution in [3.8, 4) is 0 Å². The summed E-state index contributed by atoms with van der Waals surface area (Å²) in [6, 6.07) is 11.0. The van der Waals surface area contributed by atoms with Gasteiger partial charge in [-0.15, -0.1) is 0 Å². The highest BCUT2D eigenvalue weighted by molar-refractivity contribution is 6.35. The third-order valence-corrected chi connectivity index (χ3v) is 5.16. The number of esters is 1. The maximum atomic E-state index is 12.7. The lowest BCUT2D eigenvalue weighted by Crippen LogP contribution is -2.41. The van der Waals surface area contributed by atoms with Crippen molar-refractivity contribution in [3.05, 3.63) is 73.3 Å². The molecule has 3 rings (SSSR count). The van der Waals surface area contributed by atoms with E-state index in [1.165, 1.54) is 19.1 Å². The van der Waals surface area contributed by atoms with E-state index in [-0.39, 0.29) is 17.3 Å². The summed E-state index contributed by atoms with van der Waals surface area (Å²) in [4.78, 5) is 50.1. The van der Waals surface area contributed by atoms with E-state index in [9.17, 15) is 19.2 Å². The van der Waals surface area contributed by atoms with Crippen LogP contribution in [-0.4, -0.2) is 27.1 Å². The molecule has 1 unspecified atom stereocenters. The smallest absolute Gasteiger partial charge is 0.332 e. The van der Waals surface area contributed by atoms with Gasteiger partial charge in [-0.3, -0.25) is 23.5 Å². The normalized spacial score (nSPS) is 11.9. The van der Waals surface area contributed by atoms with E-state index in [1.54, 1.807) is 37.3 Å². The van der Waals surface area contributed by atoms with E-state index in [2.05, 4.69) is 5.32 Å².